The lowest BCUT2D eigenvalue weighted by Crippen LogP contribution is -2.47. The predicted molar refractivity (Wildman–Crippen MR) is 105 cm³/mol. The molecule has 0 saturated carbocycles. The van der Waals surface area contributed by atoms with Crippen molar-refractivity contribution in [3.8, 4) is 5.75 Å². The standard InChI is InChI=1S/C20H25N3O2S/c1-14-11-17(21)9-10-23(14)20(24)8-7-16-5-3-4-6-19(16)25-12-18-13-26-15(2)22-18/h3-8,13-14,17H,9-12,21H2,1-2H3/b8-7+. The van der Waals surface area contributed by atoms with E-state index in [1.165, 1.54) is 0 Å². The van der Waals surface area contributed by atoms with Crippen LogP contribution < -0.4 is 10.5 Å². The van der Waals surface area contributed by atoms with Crippen molar-refractivity contribution in [1.82, 2.24) is 9.88 Å². The van der Waals surface area contributed by atoms with Gasteiger partial charge in [-0.15, -0.1) is 11.3 Å². The van der Waals surface area contributed by atoms with Crippen LogP contribution in [0.5, 0.6) is 5.75 Å². The van der Waals surface area contributed by atoms with Crippen molar-refractivity contribution in [2.75, 3.05) is 6.54 Å². The van der Waals surface area contributed by atoms with Gasteiger partial charge >= 0.3 is 0 Å². The monoisotopic (exact) mass is 371 g/mol. The van der Waals surface area contributed by atoms with E-state index in [4.69, 9.17) is 10.5 Å². The number of hydrogen-bond donors (Lipinski definition) is 1. The molecule has 3 rings (SSSR count). The second kappa shape index (κ2) is 8.47. The van der Waals surface area contributed by atoms with Crippen LogP contribution in [0.25, 0.3) is 6.08 Å². The van der Waals surface area contributed by atoms with Crippen molar-refractivity contribution in [2.24, 2.45) is 5.73 Å². The van der Waals surface area contributed by atoms with Gasteiger partial charge in [-0.2, -0.15) is 0 Å². The van der Waals surface area contributed by atoms with Gasteiger partial charge in [-0.3, -0.25) is 4.79 Å². The molecule has 2 unspecified atom stereocenters. The summed E-state index contributed by atoms with van der Waals surface area (Å²) < 4.78 is 5.90. The molecule has 1 amide bonds. The zero-order valence-corrected chi connectivity index (χ0v) is 16.0. The van der Waals surface area contributed by atoms with Crippen LogP contribution in [0.2, 0.25) is 0 Å². The minimum Gasteiger partial charge on any atom is -0.487 e. The molecule has 5 nitrogen and oxygen atoms in total. The van der Waals surface area contributed by atoms with Crippen LogP contribution in [0.4, 0.5) is 0 Å². The number of aromatic nitrogens is 1. The van der Waals surface area contributed by atoms with Crippen molar-refractivity contribution >= 4 is 23.3 Å². The molecular weight excluding hydrogens is 346 g/mol. The summed E-state index contributed by atoms with van der Waals surface area (Å²) in [6.07, 6.45) is 5.16. The molecule has 2 atom stereocenters. The van der Waals surface area contributed by atoms with E-state index in [1.807, 2.05) is 47.5 Å². The number of benzene rings is 1. The van der Waals surface area contributed by atoms with E-state index in [0.29, 0.717) is 13.2 Å². The lowest BCUT2D eigenvalue weighted by Gasteiger charge is -2.35. The first-order valence-electron chi connectivity index (χ1n) is 8.90. The van der Waals surface area contributed by atoms with Crippen LogP contribution in [0.3, 0.4) is 0 Å². The maximum absolute atomic E-state index is 12.5. The molecule has 0 spiro atoms. The van der Waals surface area contributed by atoms with Crippen LogP contribution in [0.15, 0.2) is 35.7 Å². The Labute approximate surface area is 158 Å². The van der Waals surface area contributed by atoms with E-state index in [1.54, 1.807) is 17.4 Å². The number of hydrogen-bond acceptors (Lipinski definition) is 5. The first kappa shape index (κ1) is 18.6. The summed E-state index contributed by atoms with van der Waals surface area (Å²) in [5.41, 5.74) is 7.78. The third-order valence-corrected chi connectivity index (χ3v) is 5.39. The summed E-state index contributed by atoms with van der Waals surface area (Å²) in [6.45, 7) is 5.17. The third kappa shape index (κ3) is 4.71. The summed E-state index contributed by atoms with van der Waals surface area (Å²) in [5, 5.41) is 3.03. The average molecular weight is 372 g/mol. The number of thiazole rings is 1. The van der Waals surface area contributed by atoms with Gasteiger partial charge in [0, 0.05) is 35.6 Å². The normalized spacial score (nSPS) is 20.5. The Morgan fingerprint density at radius 2 is 2.27 bits per heavy atom. The summed E-state index contributed by atoms with van der Waals surface area (Å²) in [6, 6.07) is 8.09. The highest BCUT2D eigenvalue weighted by molar-refractivity contribution is 7.09. The molecule has 2 heterocycles. The Morgan fingerprint density at radius 3 is 3.00 bits per heavy atom. The van der Waals surface area contributed by atoms with Gasteiger partial charge in [0.1, 0.15) is 12.4 Å². The fourth-order valence-electron chi connectivity index (χ4n) is 3.17. The number of para-hydroxylation sites is 1. The van der Waals surface area contributed by atoms with E-state index >= 15 is 0 Å². The van der Waals surface area contributed by atoms with E-state index in [0.717, 1.165) is 34.9 Å². The van der Waals surface area contributed by atoms with Gasteiger partial charge in [0.25, 0.3) is 0 Å². The van der Waals surface area contributed by atoms with Crippen molar-refractivity contribution < 1.29 is 9.53 Å². The molecule has 1 aliphatic rings. The lowest BCUT2D eigenvalue weighted by molar-refractivity contribution is -0.129. The number of carbonyl (C=O) groups is 1. The van der Waals surface area contributed by atoms with Crippen LogP contribution in [0, 0.1) is 6.92 Å². The Balaban J connectivity index is 1.65. The summed E-state index contributed by atoms with van der Waals surface area (Å²) >= 11 is 1.61. The smallest absolute Gasteiger partial charge is 0.246 e. The van der Waals surface area contributed by atoms with Gasteiger partial charge in [0.05, 0.1) is 10.7 Å². The number of carbonyl (C=O) groups excluding carboxylic acids is 1. The molecule has 1 saturated heterocycles. The zero-order chi connectivity index (χ0) is 18.5. The van der Waals surface area contributed by atoms with E-state index in [9.17, 15) is 4.79 Å². The molecule has 26 heavy (non-hydrogen) atoms. The van der Waals surface area contributed by atoms with Crippen LogP contribution in [0.1, 0.15) is 36.0 Å². The second-order valence-electron chi connectivity index (χ2n) is 6.68. The maximum atomic E-state index is 12.5. The van der Waals surface area contributed by atoms with Gasteiger partial charge in [0.2, 0.25) is 5.91 Å². The lowest BCUT2D eigenvalue weighted by atomic mass is 9.99. The van der Waals surface area contributed by atoms with Crippen molar-refractivity contribution in [1.29, 1.82) is 0 Å². The molecule has 1 aromatic heterocycles. The number of nitrogens with two attached hydrogens (primary N) is 1. The fourth-order valence-corrected chi connectivity index (χ4v) is 3.77. The predicted octanol–water partition coefficient (Wildman–Crippen LogP) is 3.38. The highest BCUT2D eigenvalue weighted by Gasteiger charge is 2.25. The van der Waals surface area contributed by atoms with Crippen LogP contribution in [-0.4, -0.2) is 34.4 Å². The Hall–Kier alpha value is -2.18. The van der Waals surface area contributed by atoms with Gasteiger partial charge in [-0.1, -0.05) is 18.2 Å². The van der Waals surface area contributed by atoms with Crippen molar-refractivity contribution in [3.63, 3.8) is 0 Å². The molecule has 1 aliphatic heterocycles. The van der Waals surface area contributed by atoms with Crippen LogP contribution in [-0.2, 0) is 11.4 Å². The summed E-state index contributed by atoms with van der Waals surface area (Å²) in [7, 11) is 0. The Kier molecular flexibility index (Phi) is 6.06. The minimum absolute atomic E-state index is 0.0225. The number of piperidine rings is 1. The molecule has 6 heteroatoms. The van der Waals surface area contributed by atoms with Crippen molar-refractivity contribution in [3.05, 3.63) is 52.0 Å². The molecule has 138 valence electrons. The Bertz CT molecular complexity index is 787. The topological polar surface area (TPSA) is 68.5 Å². The molecule has 2 aromatic rings. The third-order valence-electron chi connectivity index (χ3n) is 4.57. The van der Waals surface area contributed by atoms with Gasteiger partial charge < -0.3 is 15.4 Å². The highest BCUT2D eigenvalue weighted by atomic mass is 32.1. The first-order valence-corrected chi connectivity index (χ1v) is 9.78. The van der Waals surface area contributed by atoms with Gasteiger partial charge in [0.15, 0.2) is 0 Å². The van der Waals surface area contributed by atoms with E-state index in [-0.39, 0.29) is 18.0 Å². The molecule has 0 bridgehead atoms. The number of aryl methyl sites for hydroxylation is 1. The largest absolute Gasteiger partial charge is 0.487 e. The molecular formula is C20H25N3O2S. The maximum Gasteiger partial charge on any atom is 0.246 e. The number of rotatable bonds is 5. The number of nitrogens with zero attached hydrogens (tertiary/aromatic N) is 2. The number of ether oxygens (including phenoxy) is 1. The molecule has 1 fully saturated rings. The second-order valence-corrected chi connectivity index (χ2v) is 7.75. The molecule has 0 aliphatic carbocycles. The van der Waals surface area contributed by atoms with Crippen LogP contribution >= 0.6 is 11.3 Å². The SMILES string of the molecule is Cc1nc(COc2ccccc2/C=C/C(=O)N2CCC(N)CC2C)cs1. The molecule has 2 N–H and O–H groups in total. The van der Waals surface area contributed by atoms with Gasteiger partial charge in [-0.25, -0.2) is 4.98 Å². The highest BCUT2D eigenvalue weighted by Crippen LogP contribution is 2.22. The van der Waals surface area contributed by atoms with E-state index < -0.39 is 0 Å². The quantitative estimate of drug-likeness (QED) is 0.818. The number of likely N-dealkylation sites (tertiary alicyclic amines) is 1. The fraction of sp³-hybridized carbons (Fsp3) is 0.400. The van der Waals surface area contributed by atoms with Gasteiger partial charge in [-0.05, 0) is 38.8 Å². The molecule has 1 aromatic carbocycles. The van der Waals surface area contributed by atoms with E-state index in [2.05, 4.69) is 11.9 Å². The summed E-state index contributed by atoms with van der Waals surface area (Å²) in [4.78, 5) is 18.8. The minimum atomic E-state index is 0.0225. The average Bonchev–Trinajstić information content (AvgIpc) is 3.04. The van der Waals surface area contributed by atoms with Crippen molar-refractivity contribution in [2.45, 2.75) is 45.4 Å². The first-order chi connectivity index (χ1) is 12.5. The summed E-state index contributed by atoms with van der Waals surface area (Å²) in [5.74, 6) is 0.769. The zero-order valence-electron chi connectivity index (χ0n) is 15.2. The molecule has 0 radical (unpaired) electrons. The Morgan fingerprint density at radius 1 is 1.46 bits per heavy atom. The number of amides is 1.